The van der Waals surface area contributed by atoms with Crippen LogP contribution in [0.3, 0.4) is 0 Å². The summed E-state index contributed by atoms with van der Waals surface area (Å²) in [5.74, 6) is 2.82. The molecule has 0 radical (unpaired) electrons. The zero-order chi connectivity index (χ0) is 14.0. The molecule has 0 aromatic rings. The maximum atomic E-state index is 13.2. The molecule has 0 aromatic carbocycles. The van der Waals surface area contributed by atoms with Crippen LogP contribution >= 0.6 is 15.9 Å². The van der Waals surface area contributed by atoms with Gasteiger partial charge in [0.25, 0.3) is 0 Å². The van der Waals surface area contributed by atoms with E-state index < -0.39 is 0 Å². The molecule has 3 heteroatoms. The molecule has 112 valence electrons. The van der Waals surface area contributed by atoms with E-state index in [1.54, 1.807) is 0 Å². The van der Waals surface area contributed by atoms with Crippen LogP contribution in [-0.2, 0) is 4.79 Å². The number of rotatable bonds is 1. The summed E-state index contributed by atoms with van der Waals surface area (Å²) >= 11 is 4.03. The largest absolute Gasteiger partial charge is 0.342 e. The Balaban J connectivity index is 1.59. The van der Waals surface area contributed by atoms with E-state index in [-0.39, 0.29) is 5.41 Å². The molecule has 4 aliphatic carbocycles. The lowest BCUT2D eigenvalue weighted by Crippen LogP contribution is -2.59. The summed E-state index contributed by atoms with van der Waals surface area (Å²) in [6.07, 6.45) is 9.99. The van der Waals surface area contributed by atoms with E-state index >= 15 is 0 Å². The number of carbonyl (C=O) groups is 1. The minimum atomic E-state index is 0.00461. The summed E-state index contributed by atoms with van der Waals surface area (Å²) in [6, 6.07) is 0. The number of hydrogen-bond donors (Lipinski definition) is 0. The Kier molecular flexibility index (Phi) is 3.04. The zero-order valence-electron chi connectivity index (χ0n) is 12.5. The first-order chi connectivity index (χ1) is 9.48. The first kappa shape index (κ1) is 13.6. The van der Waals surface area contributed by atoms with E-state index in [2.05, 4.69) is 27.8 Å². The Morgan fingerprint density at radius 1 is 1.20 bits per heavy atom. The van der Waals surface area contributed by atoms with Crippen LogP contribution in [0.25, 0.3) is 0 Å². The predicted octanol–water partition coefficient (Wildman–Crippen LogP) is 3.98. The highest BCUT2D eigenvalue weighted by atomic mass is 79.9. The van der Waals surface area contributed by atoms with Gasteiger partial charge in [-0.3, -0.25) is 4.79 Å². The molecule has 1 aliphatic heterocycles. The zero-order valence-corrected chi connectivity index (χ0v) is 14.1. The van der Waals surface area contributed by atoms with Crippen molar-refractivity contribution in [3.63, 3.8) is 0 Å². The van der Waals surface area contributed by atoms with Gasteiger partial charge in [-0.25, -0.2) is 0 Å². The van der Waals surface area contributed by atoms with E-state index in [1.807, 2.05) is 0 Å². The summed E-state index contributed by atoms with van der Waals surface area (Å²) in [5, 5.41) is 0. The molecule has 20 heavy (non-hydrogen) atoms. The quantitative estimate of drug-likeness (QED) is 0.661. The highest BCUT2D eigenvalue weighted by Crippen LogP contribution is 2.64. The van der Waals surface area contributed by atoms with Crippen LogP contribution in [0.1, 0.15) is 58.3 Å². The molecule has 1 saturated heterocycles. The number of hydrogen-bond acceptors (Lipinski definition) is 1. The SMILES string of the molecule is CC1CCCN(C(=O)C23CC4CC(CC(Br)(C4)C2)C3)C1. The minimum absolute atomic E-state index is 0.00461. The van der Waals surface area contributed by atoms with Crippen LogP contribution in [-0.4, -0.2) is 28.2 Å². The summed E-state index contributed by atoms with van der Waals surface area (Å²) in [7, 11) is 0. The van der Waals surface area contributed by atoms with Crippen LogP contribution in [0.5, 0.6) is 0 Å². The van der Waals surface area contributed by atoms with Crippen LogP contribution in [0.2, 0.25) is 0 Å². The molecule has 5 rings (SSSR count). The number of piperidine rings is 1. The number of carbonyl (C=O) groups excluding carboxylic acids is 1. The van der Waals surface area contributed by atoms with Gasteiger partial charge in [0, 0.05) is 17.4 Å². The summed E-state index contributed by atoms with van der Waals surface area (Å²) < 4.78 is 0.300. The van der Waals surface area contributed by atoms with Crippen LogP contribution < -0.4 is 0 Å². The summed E-state index contributed by atoms with van der Waals surface area (Å²) in [6.45, 7) is 4.31. The molecule has 3 unspecified atom stereocenters. The molecule has 3 atom stereocenters. The van der Waals surface area contributed by atoms with E-state index in [9.17, 15) is 4.79 Å². The monoisotopic (exact) mass is 339 g/mol. The van der Waals surface area contributed by atoms with E-state index in [0.717, 1.165) is 31.3 Å². The van der Waals surface area contributed by atoms with E-state index in [0.29, 0.717) is 16.1 Å². The second-order valence-corrected chi connectivity index (χ2v) is 10.1. The Bertz CT molecular complexity index is 421. The molecule has 0 aromatic heterocycles. The maximum Gasteiger partial charge on any atom is 0.228 e. The van der Waals surface area contributed by atoms with Gasteiger partial charge in [-0.1, -0.05) is 22.9 Å². The molecular weight excluding hydrogens is 314 g/mol. The Labute approximate surface area is 130 Å². The average molecular weight is 340 g/mol. The van der Waals surface area contributed by atoms with E-state index in [4.69, 9.17) is 0 Å². The van der Waals surface area contributed by atoms with E-state index in [1.165, 1.54) is 44.9 Å². The Hall–Kier alpha value is -0.0500. The van der Waals surface area contributed by atoms with Gasteiger partial charge in [-0.05, 0) is 69.1 Å². The lowest BCUT2D eigenvalue weighted by atomic mass is 9.49. The van der Waals surface area contributed by atoms with Crippen LogP contribution in [0, 0.1) is 23.2 Å². The molecule has 1 amide bonds. The molecule has 0 N–H and O–H groups in total. The lowest BCUT2D eigenvalue weighted by Gasteiger charge is -2.60. The van der Waals surface area contributed by atoms with Gasteiger partial charge in [-0.15, -0.1) is 0 Å². The second-order valence-electron chi connectivity index (χ2n) is 8.39. The Morgan fingerprint density at radius 3 is 2.50 bits per heavy atom. The number of halogens is 1. The number of alkyl halides is 1. The van der Waals surface area contributed by atoms with Crippen molar-refractivity contribution in [2.75, 3.05) is 13.1 Å². The highest BCUT2D eigenvalue weighted by Gasteiger charge is 2.60. The number of likely N-dealkylation sites (tertiary alicyclic amines) is 1. The normalized spacial score (nSPS) is 50.5. The fraction of sp³-hybridized carbons (Fsp3) is 0.941. The first-order valence-corrected chi connectivity index (χ1v) is 9.26. The van der Waals surface area contributed by atoms with Crippen molar-refractivity contribution in [2.45, 2.75) is 62.6 Å². The molecular formula is C17H26BrNO. The third-order valence-electron chi connectivity index (χ3n) is 6.39. The van der Waals surface area contributed by atoms with Crippen molar-refractivity contribution in [2.24, 2.45) is 23.2 Å². The van der Waals surface area contributed by atoms with Gasteiger partial charge in [0.15, 0.2) is 0 Å². The standard InChI is InChI=1S/C17H26BrNO/c1-12-3-2-4-19(10-12)15(20)16-6-13-5-14(7-16)9-17(18,8-13)11-16/h12-14H,2-11H2,1H3. The third kappa shape index (κ3) is 2.07. The predicted molar refractivity (Wildman–Crippen MR) is 83.8 cm³/mol. The van der Waals surface area contributed by atoms with Crippen LogP contribution in [0.15, 0.2) is 0 Å². The van der Waals surface area contributed by atoms with Crippen LogP contribution in [0.4, 0.5) is 0 Å². The fourth-order valence-corrected chi connectivity index (χ4v) is 7.56. The van der Waals surface area contributed by atoms with Gasteiger partial charge >= 0.3 is 0 Å². The minimum Gasteiger partial charge on any atom is -0.342 e. The van der Waals surface area contributed by atoms with Gasteiger partial charge in [0.05, 0.1) is 5.41 Å². The molecule has 2 nitrogen and oxygen atoms in total. The van der Waals surface area contributed by atoms with Crippen molar-refractivity contribution in [1.82, 2.24) is 4.90 Å². The summed E-state index contributed by atoms with van der Waals surface area (Å²) in [5.41, 5.74) is 0.00461. The molecule has 4 saturated carbocycles. The average Bonchev–Trinajstić information content (AvgIpc) is 2.35. The third-order valence-corrected chi connectivity index (χ3v) is 7.32. The van der Waals surface area contributed by atoms with Gasteiger partial charge in [0.2, 0.25) is 5.91 Å². The maximum absolute atomic E-state index is 13.2. The molecule has 0 spiro atoms. The van der Waals surface area contributed by atoms with Crippen molar-refractivity contribution >= 4 is 21.8 Å². The van der Waals surface area contributed by atoms with Crippen molar-refractivity contribution < 1.29 is 4.79 Å². The second kappa shape index (κ2) is 4.47. The lowest BCUT2D eigenvalue weighted by molar-refractivity contribution is -0.157. The van der Waals surface area contributed by atoms with Gasteiger partial charge in [-0.2, -0.15) is 0 Å². The number of amides is 1. The van der Waals surface area contributed by atoms with Gasteiger partial charge < -0.3 is 4.90 Å². The number of nitrogens with zero attached hydrogens (tertiary/aromatic N) is 1. The van der Waals surface area contributed by atoms with Gasteiger partial charge in [0.1, 0.15) is 0 Å². The first-order valence-electron chi connectivity index (χ1n) is 8.46. The van der Waals surface area contributed by atoms with Crippen molar-refractivity contribution in [1.29, 1.82) is 0 Å². The molecule has 5 fully saturated rings. The van der Waals surface area contributed by atoms with Crippen molar-refractivity contribution in [3.8, 4) is 0 Å². The molecule has 4 bridgehead atoms. The molecule has 1 heterocycles. The van der Waals surface area contributed by atoms with Crippen molar-refractivity contribution in [3.05, 3.63) is 0 Å². The fourth-order valence-electron chi connectivity index (χ4n) is 6.11. The summed E-state index contributed by atoms with van der Waals surface area (Å²) in [4.78, 5) is 15.5. The smallest absolute Gasteiger partial charge is 0.228 e. The molecule has 5 aliphatic rings. The topological polar surface area (TPSA) is 20.3 Å². The highest BCUT2D eigenvalue weighted by molar-refractivity contribution is 9.10. The Morgan fingerprint density at radius 2 is 1.90 bits per heavy atom.